The molecule has 0 saturated heterocycles. The van der Waals surface area contributed by atoms with Gasteiger partial charge in [0.05, 0.1) is 6.61 Å². The third-order valence-electron chi connectivity index (χ3n) is 3.14. The van der Waals surface area contributed by atoms with E-state index in [4.69, 9.17) is 21.6 Å². The lowest BCUT2D eigenvalue weighted by atomic mass is 10.9. The predicted molar refractivity (Wildman–Crippen MR) is 127 cm³/mol. The summed E-state index contributed by atoms with van der Waals surface area (Å²) in [5.74, 6) is 1.83. The van der Waals surface area contributed by atoms with Gasteiger partial charge in [0.2, 0.25) is 0 Å². The number of rotatable bonds is 13. The van der Waals surface area contributed by atoms with Crippen LogP contribution in [0.1, 0.15) is 0 Å². The number of aliphatic hydroxyl groups is 1. The molecule has 0 bridgehead atoms. The quantitative estimate of drug-likeness (QED) is 0.302. The van der Waals surface area contributed by atoms with Crippen LogP contribution in [-0.2, 0) is 16.5 Å². The summed E-state index contributed by atoms with van der Waals surface area (Å²) in [5.41, 5.74) is 0. The van der Waals surface area contributed by atoms with Gasteiger partial charge >= 0.3 is 25.7 Å². The summed E-state index contributed by atoms with van der Waals surface area (Å²) < 4.78 is 25.9. The van der Waals surface area contributed by atoms with Gasteiger partial charge in [-0.3, -0.25) is 0 Å². The van der Waals surface area contributed by atoms with Crippen molar-refractivity contribution < 1.29 is 21.6 Å². The lowest BCUT2D eigenvalue weighted by Crippen LogP contribution is -2.58. The summed E-state index contributed by atoms with van der Waals surface area (Å²) in [6.07, 6.45) is 0. The van der Waals surface area contributed by atoms with Gasteiger partial charge in [-0.1, -0.05) is 0 Å². The Balaban J connectivity index is 4.78. The lowest BCUT2D eigenvalue weighted by Gasteiger charge is -2.42. The van der Waals surface area contributed by atoms with E-state index >= 15 is 0 Å². The first-order chi connectivity index (χ1) is 11.4. The topological polar surface area (TPSA) is 57.2 Å². The molecule has 0 aromatic carbocycles. The Labute approximate surface area is 171 Å². The minimum Gasteiger partial charge on any atom is -0.437 e. The molecule has 26 heavy (non-hydrogen) atoms. The maximum Gasteiger partial charge on any atom is 0.314 e. The van der Waals surface area contributed by atoms with Crippen molar-refractivity contribution in [3.8, 4) is 0 Å². The van der Waals surface area contributed by atoms with Crippen LogP contribution < -0.4 is 0 Å². The van der Waals surface area contributed by atoms with Crippen molar-refractivity contribution in [3.05, 3.63) is 0 Å². The molecular weight excluding hydrogens is 433 g/mol. The Morgan fingerprint density at radius 3 is 1.46 bits per heavy atom. The highest BCUT2D eigenvalue weighted by Crippen LogP contribution is 2.27. The molecule has 0 saturated carbocycles. The lowest BCUT2D eigenvalue weighted by molar-refractivity contribution is 0.299. The molecule has 0 aromatic heterocycles. The van der Waals surface area contributed by atoms with Crippen molar-refractivity contribution in [2.45, 2.75) is 78.1 Å². The van der Waals surface area contributed by atoms with E-state index in [0.29, 0.717) is 0 Å². The molecule has 1 N–H and O–H groups in total. The first kappa shape index (κ1) is 27.2. The molecule has 5 nitrogen and oxygen atoms in total. The predicted octanol–water partition coefficient (Wildman–Crippen LogP) is 4.92. The van der Waals surface area contributed by atoms with Gasteiger partial charge in [-0.05, 0) is 83.8 Å². The van der Waals surface area contributed by atoms with E-state index in [1.54, 1.807) is 11.8 Å². The summed E-state index contributed by atoms with van der Waals surface area (Å²) in [5, 5.41) is 8.91. The van der Waals surface area contributed by atoms with Gasteiger partial charge in [-0.2, -0.15) is 11.8 Å². The summed E-state index contributed by atoms with van der Waals surface area (Å²) in [6, 6.07) is 1.07. The Kier molecular flexibility index (Phi) is 10.8. The second kappa shape index (κ2) is 10.3. The number of aliphatic hydroxyl groups excluding tert-OH is 1. The molecule has 0 unspecified atom stereocenters. The van der Waals surface area contributed by atoms with Gasteiger partial charge in [-0.15, -0.1) is 0 Å². The highest BCUT2D eigenvalue weighted by molar-refractivity contribution is 7.99. The summed E-state index contributed by atoms with van der Waals surface area (Å²) in [6.45, 7) is 24.1. The van der Waals surface area contributed by atoms with Crippen molar-refractivity contribution in [1.82, 2.24) is 0 Å². The average molecular weight is 475 g/mol. The zero-order valence-corrected chi connectivity index (χ0v) is 24.6. The number of hydrogen-bond donors (Lipinski definition) is 1. The molecule has 0 amide bonds. The molecule has 0 heterocycles. The molecular formula is C15H42O5SSi5. The fourth-order valence-corrected chi connectivity index (χ4v) is 28.8. The van der Waals surface area contributed by atoms with Crippen LogP contribution in [0.4, 0.5) is 0 Å². The van der Waals surface area contributed by atoms with E-state index in [1.807, 2.05) is 0 Å². The van der Waals surface area contributed by atoms with E-state index in [9.17, 15) is 0 Å². The Morgan fingerprint density at radius 2 is 1.04 bits per heavy atom. The van der Waals surface area contributed by atoms with E-state index in [-0.39, 0.29) is 6.61 Å². The Morgan fingerprint density at radius 1 is 0.615 bits per heavy atom. The zero-order valence-electron chi connectivity index (χ0n) is 18.8. The van der Waals surface area contributed by atoms with Crippen LogP contribution in [0.2, 0.25) is 78.1 Å². The van der Waals surface area contributed by atoms with Crippen LogP contribution in [0.25, 0.3) is 0 Å². The largest absolute Gasteiger partial charge is 0.437 e. The van der Waals surface area contributed by atoms with Gasteiger partial charge in [-0.25, -0.2) is 0 Å². The molecule has 0 aliphatic heterocycles. The van der Waals surface area contributed by atoms with Crippen LogP contribution in [0, 0.1) is 0 Å². The normalized spacial score (nSPS) is 14.8. The first-order valence-electron chi connectivity index (χ1n) is 9.38. The van der Waals surface area contributed by atoms with E-state index in [2.05, 4.69) is 72.0 Å². The number of thioether (sulfide) groups is 1. The van der Waals surface area contributed by atoms with Gasteiger partial charge < -0.3 is 21.6 Å². The average Bonchev–Trinajstić information content (AvgIpc) is 2.26. The van der Waals surface area contributed by atoms with E-state index in [1.165, 1.54) is 0 Å². The van der Waals surface area contributed by atoms with Crippen LogP contribution in [0.3, 0.4) is 0 Å². The van der Waals surface area contributed by atoms with Gasteiger partial charge in [0, 0.05) is 5.75 Å². The minimum absolute atomic E-state index is 0.243. The molecule has 0 aliphatic rings. The third-order valence-corrected chi connectivity index (χ3v) is 22.4. The van der Waals surface area contributed by atoms with Gasteiger partial charge in [0.25, 0.3) is 0 Å². The van der Waals surface area contributed by atoms with Gasteiger partial charge in [0.1, 0.15) is 0 Å². The van der Waals surface area contributed by atoms with E-state index in [0.717, 1.165) is 17.5 Å². The highest BCUT2D eigenvalue weighted by Gasteiger charge is 2.44. The van der Waals surface area contributed by atoms with Crippen LogP contribution in [0.5, 0.6) is 0 Å². The zero-order chi connectivity index (χ0) is 20.9. The van der Waals surface area contributed by atoms with E-state index < -0.39 is 42.3 Å². The van der Waals surface area contributed by atoms with Crippen molar-refractivity contribution >= 4 is 54.1 Å². The van der Waals surface area contributed by atoms with Gasteiger partial charge in [0.15, 0.2) is 16.6 Å². The molecule has 0 atom stereocenters. The van der Waals surface area contributed by atoms with Crippen LogP contribution >= 0.6 is 11.8 Å². The number of hydrogen-bond acceptors (Lipinski definition) is 6. The standard InChI is InChI=1S/C15H42O5SSi5/c1-22(2,3)17-24(6,7)19-26(10,11)20-25(8,9)18-23(4,5)15-14-21-13-12-16/h16H,12-15H2,1-11H3. The fraction of sp³-hybridized carbons (Fsp3) is 1.00. The van der Waals surface area contributed by atoms with Crippen molar-refractivity contribution in [1.29, 1.82) is 0 Å². The molecule has 158 valence electrons. The smallest absolute Gasteiger partial charge is 0.314 e. The first-order valence-corrected chi connectivity index (χ1v) is 25.5. The summed E-state index contributed by atoms with van der Waals surface area (Å²) >= 11 is 1.79. The maximum atomic E-state index is 8.91. The molecule has 0 aromatic rings. The van der Waals surface area contributed by atoms with Crippen molar-refractivity contribution in [2.24, 2.45) is 0 Å². The molecule has 0 rings (SSSR count). The van der Waals surface area contributed by atoms with Crippen molar-refractivity contribution in [3.63, 3.8) is 0 Å². The molecule has 0 fully saturated rings. The Bertz CT molecular complexity index is 427. The third kappa shape index (κ3) is 14.3. The Hall–Kier alpha value is 1.23. The minimum atomic E-state index is -2.34. The molecule has 0 aliphatic carbocycles. The van der Waals surface area contributed by atoms with Crippen molar-refractivity contribution in [2.75, 3.05) is 18.1 Å². The monoisotopic (exact) mass is 474 g/mol. The second-order valence-electron chi connectivity index (χ2n) is 9.57. The van der Waals surface area contributed by atoms with Crippen LogP contribution in [0.15, 0.2) is 0 Å². The highest BCUT2D eigenvalue weighted by atomic mass is 32.2. The second-order valence-corrected chi connectivity index (χ2v) is 30.7. The molecule has 11 heteroatoms. The van der Waals surface area contributed by atoms with Crippen LogP contribution in [-0.4, -0.2) is 65.5 Å². The fourth-order valence-electron chi connectivity index (χ4n) is 3.18. The molecule has 0 radical (unpaired) electrons. The maximum absolute atomic E-state index is 8.91. The summed E-state index contributed by atoms with van der Waals surface area (Å²) in [4.78, 5) is 0. The SMILES string of the molecule is C[Si](C)(C)O[Si](C)(C)O[Si](C)(C)O[Si](C)(C)O[Si](C)(C)CCSCCO. The summed E-state index contributed by atoms with van der Waals surface area (Å²) in [7, 11) is -10.3. The molecule has 0 spiro atoms.